The summed E-state index contributed by atoms with van der Waals surface area (Å²) in [5, 5.41) is 9.39. The molecule has 0 unspecified atom stereocenters. The van der Waals surface area contributed by atoms with Crippen LogP contribution in [0.15, 0.2) is 53.3 Å². The first-order valence-corrected chi connectivity index (χ1v) is 8.13. The Morgan fingerprint density at radius 3 is 2.64 bits per heavy atom. The molecule has 3 aromatic rings. The quantitative estimate of drug-likeness (QED) is 0.720. The molecule has 1 heterocycles. The minimum Gasteiger partial charge on any atom is -0.384 e. The fourth-order valence-corrected chi connectivity index (χ4v) is 2.74. The van der Waals surface area contributed by atoms with Crippen molar-refractivity contribution in [1.29, 1.82) is 0 Å². The van der Waals surface area contributed by atoms with Gasteiger partial charge in [-0.2, -0.15) is 0 Å². The zero-order valence-electron chi connectivity index (χ0n) is 13.9. The second kappa shape index (κ2) is 7.31. The third-order valence-corrected chi connectivity index (χ3v) is 4.01. The number of hydrogen-bond acceptors (Lipinski definition) is 4. The number of aliphatic hydroxyl groups excluding tert-OH is 1. The summed E-state index contributed by atoms with van der Waals surface area (Å²) in [5.41, 5.74) is 7.83. The van der Waals surface area contributed by atoms with Gasteiger partial charge in [0.15, 0.2) is 0 Å². The van der Waals surface area contributed by atoms with Crippen LogP contribution >= 0.6 is 0 Å². The molecule has 0 amide bonds. The molecule has 2 aromatic carbocycles. The van der Waals surface area contributed by atoms with Gasteiger partial charge in [0.2, 0.25) is 0 Å². The van der Waals surface area contributed by atoms with Gasteiger partial charge in [0.1, 0.15) is 12.4 Å². The highest BCUT2D eigenvalue weighted by Gasteiger charge is 2.18. The molecule has 0 radical (unpaired) electrons. The van der Waals surface area contributed by atoms with E-state index in [-0.39, 0.29) is 18.2 Å². The van der Waals surface area contributed by atoms with E-state index in [1.807, 2.05) is 37.3 Å². The fraction of sp³-hybridized carbons (Fsp3) is 0.200. The van der Waals surface area contributed by atoms with Crippen molar-refractivity contribution in [2.24, 2.45) is 5.73 Å². The van der Waals surface area contributed by atoms with Crippen molar-refractivity contribution in [1.82, 2.24) is 9.55 Å². The van der Waals surface area contributed by atoms with Crippen LogP contribution in [0.1, 0.15) is 30.8 Å². The van der Waals surface area contributed by atoms with E-state index in [4.69, 9.17) is 10.8 Å². The third-order valence-electron chi connectivity index (χ3n) is 4.01. The largest absolute Gasteiger partial charge is 0.384 e. The normalized spacial score (nSPS) is 11.8. The molecule has 0 aliphatic heterocycles. The van der Waals surface area contributed by atoms with E-state index in [9.17, 15) is 4.79 Å². The predicted molar refractivity (Wildman–Crippen MR) is 98.5 cm³/mol. The molecule has 0 bridgehead atoms. The molecule has 0 saturated carbocycles. The molecule has 0 aliphatic rings. The first-order valence-electron chi connectivity index (χ1n) is 8.13. The average molecular weight is 333 g/mol. The second-order valence-corrected chi connectivity index (χ2v) is 5.62. The zero-order chi connectivity index (χ0) is 17.8. The number of fused-ring (bicyclic) bond motifs is 1. The third kappa shape index (κ3) is 3.18. The lowest BCUT2D eigenvalue weighted by atomic mass is 10.1. The molecule has 126 valence electrons. The number of nitrogens with zero attached hydrogens (tertiary/aromatic N) is 2. The Morgan fingerprint density at radius 2 is 1.96 bits per heavy atom. The van der Waals surface area contributed by atoms with Crippen LogP contribution in [-0.2, 0) is 0 Å². The maximum Gasteiger partial charge on any atom is 0.267 e. The topological polar surface area (TPSA) is 81.1 Å². The molecular formula is C20H19N3O2. The van der Waals surface area contributed by atoms with Crippen LogP contribution in [0.25, 0.3) is 16.6 Å². The van der Waals surface area contributed by atoms with Gasteiger partial charge in [0.25, 0.3) is 5.56 Å². The van der Waals surface area contributed by atoms with Crippen molar-refractivity contribution in [2.75, 3.05) is 6.61 Å². The monoisotopic (exact) mass is 333 g/mol. The number of rotatable bonds is 3. The summed E-state index contributed by atoms with van der Waals surface area (Å²) in [6.07, 6.45) is 0.661. The Morgan fingerprint density at radius 1 is 1.20 bits per heavy atom. The van der Waals surface area contributed by atoms with Gasteiger partial charge in [-0.1, -0.05) is 43.0 Å². The number of aromatic nitrogens is 2. The van der Waals surface area contributed by atoms with Gasteiger partial charge in [-0.3, -0.25) is 9.36 Å². The molecule has 25 heavy (non-hydrogen) atoms. The summed E-state index contributed by atoms with van der Waals surface area (Å²) in [6.45, 7) is 1.69. The van der Waals surface area contributed by atoms with Gasteiger partial charge in [-0.05, 0) is 30.7 Å². The zero-order valence-corrected chi connectivity index (χ0v) is 13.9. The van der Waals surface area contributed by atoms with Crippen LogP contribution in [0.3, 0.4) is 0 Å². The highest BCUT2D eigenvalue weighted by molar-refractivity contribution is 5.84. The second-order valence-electron chi connectivity index (χ2n) is 5.62. The van der Waals surface area contributed by atoms with Crippen LogP contribution in [0.4, 0.5) is 0 Å². The van der Waals surface area contributed by atoms with E-state index in [0.717, 1.165) is 0 Å². The lowest BCUT2D eigenvalue weighted by Crippen LogP contribution is -2.28. The number of benzene rings is 2. The van der Waals surface area contributed by atoms with E-state index in [1.165, 1.54) is 0 Å². The summed E-state index contributed by atoms with van der Waals surface area (Å²) in [5.74, 6) is 5.96. The molecule has 0 spiro atoms. The van der Waals surface area contributed by atoms with Gasteiger partial charge in [0.05, 0.1) is 22.6 Å². The van der Waals surface area contributed by atoms with Crippen LogP contribution < -0.4 is 11.3 Å². The number of nitrogens with two attached hydrogens (primary N) is 1. The molecule has 0 fully saturated rings. The molecule has 5 nitrogen and oxygen atoms in total. The van der Waals surface area contributed by atoms with Crippen molar-refractivity contribution in [3.05, 3.63) is 70.3 Å². The minimum atomic E-state index is -0.357. The lowest BCUT2D eigenvalue weighted by Gasteiger charge is -2.17. The predicted octanol–water partition coefficient (Wildman–Crippen LogP) is 2.14. The van der Waals surface area contributed by atoms with Crippen molar-refractivity contribution in [3.63, 3.8) is 0 Å². The van der Waals surface area contributed by atoms with E-state index >= 15 is 0 Å². The molecular weight excluding hydrogens is 314 g/mol. The van der Waals surface area contributed by atoms with E-state index < -0.39 is 0 Å². The summed E-state index contributed by atoms with van der Waals surface area (Å²) in [6, 6.07) is 14.3. The molecule has 0 aliphatic carbocycles. The molecule has 1 aromatic heterocycles. The Bertz CT molecular complexity index is 1010. The standard InChI is InChI=1S/C20H19N3O2/c1-2-16(21)19-22-17-12-6-8-14(9-7-13-24)18(17)20(25)23(19)15-10-4-3-5-11-15/h3-6,8,10-12,16,24H,2,13,21H2,1H3/t16-/m0/s1. The number of para-hydroxylation sites is 1. The van der Waals surface area contributed by atoms with Crippen LogP contribution in [-0.4, -0.2) is 21.3 Å². The Balaban J connectivity index is 2.42. The lowest BCUT2D eigenvalue weighted by molar-refractivity contribution is 0.350. The van der Waals surface area contributed by atoms with Crippen LogP contribution in [0.2, 0.25) is 0 Å². The van der Waals surface area contributed by atoms with Crippen LogP contribution in [0.5, 0.6) is 0 Å². The number of hydrogen-bond donors (Lipinski definition) is 2. The van der Waals surface area contributed by atoms with Crippen molar-refractivity contribution in [2.45, 2.75) is 19.4 Å². The Hall–Kier alpha value is -2.94. The van der Waals surface area contributed by atoms with Gasteiger partial charge in [-0.25, -0.2) is 4.98 Å². The van der Waals surface area contributed by atoms with Gasteiger partial charge in [-0.15, -0.1) is 0 Å². The van der Waals surface area contributed by atoms with Gasteiger partial charge in [0, 0.05) is 5.56 Å². The summed E-state index contributed by atoms with van der Waals surface area (Å²) < 4.78 is 1.56. The molecule has 0 saturated heterocycles. The highest BCUT2D eigenvalue weighted by atomic mass is 16.2. The van der Waals surface area contributed by atoms with Crippen LogP contribution in [0, 0.1) is 11.8 Å². The Kier molecular flexibility index (Phi) is 4.94. The van der Waals surface area contributed by atoms with E-state index in [1.54, 1.807) is 22.8 Å². The van der Waals surface area contributed by atoms with E-state index in [2.05, 4.69) is 16.8 Å². The minimum absolute atomic E-state index is 0.210. The van der Waals surface area contributed by atoms with Crippen molar-refractivity contribution in [3.8, 4) is 17.5 Å². The maximum atomic E-state index is 13.3. The van der Waals surface area contributed by atoms with Gasteiger partial charge < -0.3 is 10.8 Å². The van der Waals surface area contributed by atoms with Gasteiger partial charge >= 0.3 is 0 Å². The SMILES string of the molecule is CC[C@H](N)c1nc2cccc(C#CCO)c2c(=O)n1-c1ccccc1. The molecule has 5 heteroatoms. The highest BCUT2D eigenvalue weighted by Crippen LogP contribution is 2.20. The Labute approximate surface area is 145 Å². The number of aliphatic hydroxyl groups is 1. The smallest absolute Gasteiger partial charge is 0.267 e. The summed E-state index contributed by atoms with van der Waals surface area (Å²) in [4.78, 5) is 18.0. The van der Waals surface area contributed by atoms with Crippen molar-refractivity contribution < 1.29 is 5.11 Å². The average Bonchev–Trinajstić information content (AvgIpc) is 2.66. The summed E-state index contributed by atoms with van der Waals surface area (Å²) >= 11 is 0. The summed E-state index contributed by atoms with van der Waals surface area (Å²) in [7, 11) is 0. The molecule has 1 atom stereocenters. The first-order chi connectivity index (χ1) is 12.2. The molecule has 3 rings (SSSR count). The maximum absolute atomic E-state index is 13.3. The van der Waals surface area contributed by atoms with Crippen molar-refractivity contribution >= 4 is 10.9 Å². The first kappa shape index (κ1) is 16.9. The fourth-order valence-electron chi connectivity index (χ4n) is 2.74. The molecule has 3 N–H and O–H groups in total. The van der Waals surface area contributed by atoms with E-state index in [0.29, 0.717) is 34.4 Å².